The van der Waals surface area contributed by atoms with Gasteiger partial charge in [-0.15, -0.1) is 0 Å². The number of aliphatic carboxylic acids is 1. The van der Waals surface area contributed by atoms with Gasteiger partial charge in [0.1, 0.15) is 12.1 Å². The van der Waals surface area contributed by atoms with E-state index in [1.54, 1.807) is 12.1 Å². The number of carboxylic acid groups (broad SMARTS) is 1. The van der Waals surface area contributed by atoms with Crippen LogP contribution in [-0.4, -0.2) is 34.2 Å². The van der Waals surface area contributed by atoms with Crippen molar-refractivity contribution in [2.75, 3.05) is 0 Å². The van der Waals surface area contributed by atoms with Crippen molar-refractivity contribution in [1.82, 2.24) is 5.32 Å². The zero-order valence-corrected chi connectivity index (χ0v) is 13.6. The van der Waals surface area contributed by atoms with Crippen LogP contribution in [0.5, 0.6) is 0 Å². The van der Waals surface area contributed by atoms with Crippen molar-refractivity contribution < 1.29 is 19.8 Å². The molecule has 0 saturated carbocycles. The van der Waals surface area contributed by atoms with Crippen molar-refractivity contribution in [2.45, 2.75) is 38.8 Å². The molecule has 6 heteroatoms. The number of nitrogens with one attached hydrogen (secondary N) is 1. The minimum atomic E-state index is -1.19. The van der Waals surface area contributed by atoms with Crippen molar-refractivity contribution in [3.63, 3.8) is 0 Å². The molecule has 0 aliphatic heterocycles. The van der Waals surface area contributed by atoms with Crippen molar-refractivity contribution in [3.8, 4) is 0 Å². The van der Waals surface area contributed by atoms with E-state index in [0.29, 0.717) is 6.42 Å². The Bertz CT molecular complexity index is 504. The second-order valence-corrected chi connectivity index (χ2v) is 6.19. The van der Waals surface area contributed by atoms with Crippen molar-refractivity contribution >= 4 is 27.8 Å². The molecule has 21 heavy (non-hydrogen) atoms. The molecular formula is C15H20BrNO4. The summed E-state index contributed by atoms with van der Waals surface area (Å²) in [6, 6.07) is 6.15. The zero-order valence-electron chi connectivity index (χ0n) is 12.0. The van der Waals surface area contributed by atoms with Crippen LogP contribution in [0.3, 0.4) is 0 Å². The molecule has 116 valence electrons. The van der Waals surface area contributed by atoms with Crippen molar-refractivity contribution in [1.29, 1.82) is 0 Å². The predicted molar refractivity (Wildman–Crippen MR) is 82.9 cm³/mol. The van der Waals surface area contributed by atoms with Gasteiger partial charge in [-0.05, 0) is 24.0 Å². The van der Waals surface area contributed by atoms with Crippen LogP contribution >= 0.6 is 15.9 Å². The number of rotatable bonds is 7. The Balaban J connectivity index is 2.73. The average molecular weight is 358 g/mol. The number of carboxylic acids is 1. The van der Waals surface area contributed by atoms with Gasteiger partial charge in [0.15, 0.2) is 0 Å². The van der Waals surface area contributed by atoms with Gasteiger partial charge in [0.05, 0.1) is 0 Å². The van der Waals surface area contributed by atoms with Crippen LogP contribution in [0.25, 0.3) is 0 Å². The fourth-order valence-corrected chi connectivity index (χ4v) is 2.35. The molecule has 0 unspecified atom stereocenters. The number of carbonyl (C=O) groups is 2. The van der Waals surface area contributed by atoms with E-state index in [1.165, 1.54) is 0 Å². The summed E-state index contributed by atoms with van der Waals surface area (Å²) in [5.74, 6) is -1.63. The quantitative estimate of drug-likeness (QED) is 0.696. The van der Waals surface area contributed by atoms with E-state index in [2.05, 4.69) is 21.2 Å². The summed E-state index contributed by atoms with van der Waals surface area (Å²) in [7, 11) is 0. The molecule has 0 heterocycles. The minimum Gasteiger partial charge on any atom is -0.480 e. The Morgan fingerprint density at radius 1 is 1.29 bits per heavy atom. The Hall–Kier alpha value is -1.40. The molecule has 1 aromatic rings. The summed E-state index contributed by atoms with van der Waals surface area (Å²) in [4.78, 5) is 23.1. The Morgan fingerprint density at radius 3 is 2.43 bits per heavy atom. The fraction of sp³-hybridized carbons (Fsp3) is 0.467. The largest absolute Gasteiger partial charge is 0.480 e. The maximum atomic E-state index is 11.8. The normalized spacial score (nSPS) is 13.8. The number of aliphatic hydroxyl groups excluding tert-OH is 1. The molecule has 2 atom stereocenters. The third-order valence-corrected chi connectivity index (χ3v) is 3.77. The third-order valence-electron chi connectivity index (χ3n) is 2.99. The molecule has 5 nitrogen and oxygen atoms in total. The lowest BCUT2D eigenvalue weighted by Gasteiger charge is -2.18. The van der Waals surface area contributed by atoms with Crippen LogP contribution in [0.1, 0.15) is 25.8 Å². The first-order valence-electron chi connectivity index (χ1n) is 6.76. The Morgan fingerprint density at radius 2 is 1.90 bits per heavy atom. The number of carbonyl (C=O) groups excluding carboxylic acids is 1. The van der Waals surface area contributed by atoms with Gasteiger partial charge >= 0.3 is 5.97 Å². The molecule has 0 aliphatic rings. The Labute approximate surface area is 132 Å². The van der Waals surface area contributed by atoms with Gasteiger partial charge in [0, 0.05) is 10.9 Å². The van der Waals surface area contributed by atoms with E-state index >= 15 is 0 Å². The molecule has 0 radical (unpaired) electrons. The van der Waals surface area contributed by atoms with Gasteiger partial charge in [-0.25, -0.2) is 4.79 Å². The van der Waals surface area contributed by atoms with Crippen LogP contribution in [0.2, 0.25) is 0 Å². The van der Waals surface area contributed by atoms with Crippen LogP contribution in [0.15, 0.2) is 28.7 Å². The summed E-state index contributed by atoms with van der Waals surface area (Å²) in [5.41, 5.74) is 0.781. The highest BCUT2D eigenvalue weighted by Crippen LogP contribution is 2.17. The summed E-state index contributed by atoms with van der Waals surface area (Å²) < 4.78 is 0.785. The molecule has 3 N–H and O–H groups in total. The van der Waals surface area contributed by atoms with E-state index in [9.17, 15) is 19.8 Å². The van der Waals surface area contributed by atoms with E-state index in [0.717, 1.165) is 10.0 Å². The van der Waals surface area contributed by atoms with Crippen LogP contribution in [0.4, 0.5) is 0 Å². The molecule has 0 saturated heterocycles. The summed E-state index contributed by atoms with van der Waals surface area (Å²) >= 11 is 3.35. The lowest BCUT2D eigenvalue weighted by atomic mass is 10.0. The van der Waals surface area contributed by atoms with E-state index < -0.39 is 24.0 Å². The smallest absolute Gasteiger partial charge is 0.326 e. The highest BCUT2D eigenvalue weighted by atomic mass is 79.9. The van der Waals surface area contributed by atoms with Crippen molar-refractivity contribution in [3.05, 3.63) is 34.3 Å². The molecule has 0 spiro atoms. The second-order valence-electron chi connectivity index (χ2n) is 5.34. The highest BCUT2D eigenvalue weighted by molar-refractivity contribution is 9.10. The number of aliphatic hydroxyl groups is 1. The lowest BCUT2D eigenvalue weighted by Crippen LogP contribution is -2.47. The topological polar surface area (TPSA) is 86.6 Å². The van der Waals surface area contributed by atoms with Gasteiger partial charge in [0.2, 0.25) is 5.91 Å². The van der Waals surface area contributed by atoms with Gasteiger partial charge in [0.25, 0.3) is 0 Å². The standard InChI is InChI=1S/C15H20BrNO4/c1-9(2)7-13(18)14(19)17-12(15(20)21)8-10-5-3-4-6-11(10)16/h3-6,9,12-13,18H,7-8H2,1-2H3,(H,17,19)(H,20,21)/t12-,13+/m0/s1. The van der Waals surface area contributed by atoms with Crippen molar-refractivity contribution in [2.24, 2.45) is 5.92 Å². The number of hydrogen-bond donors (Lipinski definition) is 3. The van der Waals surface area contributed by atoms with Gasteiger partial charge in [-0.1, -0.05) is 48.0 Å². The number of hydrogen-bond acceptors (Lipinski definition) is 3. The predicted octanol–water partition coefficient (Wildman–Crippen LogP) is 1.97. The molecular weight excluding hydrogens is 338 g/mol. The van der Waals surface area contributed by atoms with E-state index in [4.69, 9.17) is 0 Å². The molecule has 1 amide bonds. The van der Waals surface area contributed by atoms with Crippen LogP contribution in [-0.2, 0) is 16.0 Å². The monoisotopic (exact) mass is 357 g/mol. The minimum absolute atomic E-state index is 0.150. The molecule has 1 aromatic carbocycles. The fourth-order valence-electron chi connectivity index (χ4n) is 1.91. The highest BCUT2D eigenvalue weighted by Gasteiger charge is 2.25. The number of amides is 1. The molecule has 0 fully saturated rings. The summed E-state index contributed by atoms with van der Waals surface area (Å²) in [6.07, 6.45) is -0.740. The van der Waals surface area contributed by atoms with Gasteiger partial charge in [-0.2, -0.15) is 0 Å². The molecule has 0 bridgehead atoms. The van der Waals surface area contributed by atoms with Crippen LogP contribution < -0.4 is 5.32 Å². The first-order valence-corrected chi connectivity index (χ1v) is 7.55. The maximum absolute atomic E-state index is 11.8. The molecule has 0 aromatic heterocycles. The number of benzene rings is 1. The van der Waals surface area contributed by atoms with Gasteiger partial charge < -0.3 is 15.5 Å². The number of halogens is 1. The van der Waals surface area contributed by atoms with Crippen LogP contribution in [0, 0.1) is 5.92 Å². The van der Waals surface area contributed by atoms with E-state index in [1.807, 2.05) is 26.0 Å². The first-order chi connectivity index (χ1) is 9.81. The zero-order chi connectivity index (χ0) is 16.0. The molecule has 1 rings (SSSR count). The molecule has 0 aliphatic carbocycles. The van der Waals surface area contributed by atoms with E-state index in [-0.39, 0.29) is 12.3 Å². The Kier molecular flexibility index (Phi) is 6.84. The second kappa shape index (κ2) is 8.14. The summed E-state index contributed by atoms with van der Waals surface area (Å²) in [5, 5.41) is 21.3. The SMILES string of the molecule is CC(C)C[C@@H](O)C(=O)N[C@@H](Cc1ccccc1Br)C(=O)O. The van der Waals surface area contributed by atoms with Gasteiger partial charge in [-0.3, -0.25) is 4.79 Å². The average Bonchev–Trinajstić information content (AvgIpc) is 2.39. The first kappa shape index (κ1) is 17.7. The lowest BCUT2D eigenvalue weighted by molar-refractivity contribution is -0.143. The summed E-state index contributed by atoms with van der Waals surface area (Å²) in [6.45, 7) is 3.76. The third kappa shape index (κ3) is 5.85. The maximum Gasteiger partial charge on any atom is 0.326 e.